The Balaban J connectivity index is 1.69. The highest BCUT2D eigenvalue weighted by atomic mass is 32.2. The summed E-state index contributed by atoms with van der Waals surface area (Å²) in [5.41, 5.74) is 0.422. The van der Waals surface area contributed by atoms with Crippen molar-refractivity contribution in [1.29, 1.82) is 5.26 Å². The number of aromatic nitrogens is 2. The maximum absolute atomic E-state index is 12.7. The van der Waals surface area contributed by atoms with Gasteiger partial charge in [0.1, 0.15) is 6.10 Å². The van der Waals surface area contributed by atoms with Gasteiger partial charge in [-0.3, -0.25) is 4.98 Å². The Kier molecular flexibility index (Phi) is 5.06. The highest BCUT2D eigenvalue weighted by Gasteiger charge is 2.33. The summed E-state index contributed by atoms with van der Waals surface area (Å²) in [4.78, 5) is 10.4. The van der Waals surface area contributed by atoms with Gasteiger partial charge in [0, 0.05) is 20.6 Å². The molecule has 26 heavy (non-hydrogen) atoms. The molecular formula is C17H19N5O3S. The fourth-order valence-electron chi connectivity index (χ4n) is 2.64. The van der Waals surface area contributed by atoms with Gasteiger partial charge in [-0.05, 0) is 30.7 Å². The van der Waals surface area contributed by atoms with E-state index in [-0.39, 0.29) is 17.5 Å². The van der Waals surface area contributed by atoms with Gasteiger partial charge in [0.25, 0.3) is 0 Å². The molecule has 0 aliphatic carbocycles. The van der Waals surface area contributed by atoms with Gasteiger partial charge in [-0.2, -0.15) is 14.6 Å². The number of nitriles is 1. The molecule has 2 aromatic rings. The number of nitrogens with zero attached hydrogens (tertiary/aromatic N) is 5. The SMILES string of the molecule is CN(C)c1cncc(O[C@H]2CCN(S(=O)(=O)c3ccc(C#N)cc3)C2)n1. The number of anilines is 1. The number of ether oxygens (including phenoxy) is 1. The highest BCUT2D eigenvalue weighted by Crippen LogP contribution is 2.24. The van der Waals surface area contributed by atoms with Crippen LogP contribution in [0.4, 0.5) is 5.82 Å². The highest BCUT2D eigenvalue weighted by molar-refractivity contribution is 7.89. The zero-order valence-corrected chi connectivity index (χ0v) is 15.3. The first-order valence-electron chi connectivity index (χ1n) is 8.06. The average Bonchev–Trinajstić information content (AvgIpc) is 3.11. The van der Waals surface area contributed by atoms with Crippen molar-refractivity contribution in [2.24, 2.45) is 0 Å². The Morgan fingerprint density at radius 1 is 1.27 bits per heavy atom. The smallest absolute Gasteiger partial charge is 0.243 e. The quantitative estimate of drug-likeness (QED) is 0.778. The van der Waals surface area contributed by atoms with Crippen LogP contribution in [0.3, 0.4) is 0 Å². The molecule has 0 spiro atoms. The fourth-order valence-corrected chi connectivity index (χ4v) is 4.13. The van der Waals surface area contributed by atoms with Crippen molar-refractivity contribution in [2.75, 3.05) is 32.1 Å². The summed E-state index contributed by atoms with van der Waals surface area (Å²) in [6, 6.07) is 7.88. The van der Waals surface area contributed by atoms with Crippen LogP contribution in [0.1, 0.15) is 12.0 Å². The minimum Gasteiger partial charge on any atom is -0.472 e. The van der Waals surface area contributed by atoms with Crippen LogP contribution in [0.25, 0.3) is 0 Å². The molecule has 1 atom stereocenters. The maximum atomic E-state index is 12.7. The summed E-state index contributed by atoms with van der Waals surface area (Å²) in [6.07, 6.45) is 3.44. The first kappa shape index (κ1) is 18.1. The second kappa shape index (κ2) is 7.27. The molecule has 0 amide bonds. The van der Waals surface area contributed by atoms with Gasteiger partial charge in [-0.25, -0.2) is 8.42 Å². The minimum atomic E-state index is -3.61. The third-order valence-corrected chi connectivity index (χ3v) is 5.95. The number of sulfonamides is 1. The van der Waals surface area contributed by atoms with Gasteiger partial charge in [-0.1, -0.05) is 0 Å². The molecule has 9 heteroatoms. The molecule has 8 nitrogen and oxygen atoms in total. The van der Waals surface area contributed by atoms with E-state index in [0.29, 0.717) is 30.2 Å². The van der Waals surface area contributed by atoms with Gasteiger partial charge < -0.3 is 9.64 Å². The Morgan fingerprint density at radius 2 is 2.00 bits per heavy atom. The zero-order chi connectivity index (χ0) is 18.7. The summed E-state index contributed by atoms with van der Waals surface area (Å²) in [5, 5.41) is 8.83. The predicted molar refractivity (Wildman–Crippen MR) is 95.3 cm³/mol. The first-order valence-corrected chi connectivity index (χ1v) is 9.50. The van der Waals surface area contributed by atoms with Gasteiger partial charge >= 0.3 is 0 Å². The van der Waals surface area contributed by atoms with Crippen LogP contribution in [0.5, 0.6) is 5.88 Å². The number of benzene rings is 1. The van der Waals surface area contributed by atoms with E-state index >= 15 is 0 Å². The molecule has 2 heterocycles. The lowest BCUT2D eigenvalue weighted by Gasteiger charge is -2.17. The third kappa shape index (κ3) is 3.76. The molecule has 1 aliphatic rings. The molecule has 136 valence electrons. The Bertz CT molecular complexity index is 922. The van der Waals surface area contributed by atoms with Crippen molar-refractivity contribution < 1.29 is 13.2 Å². The summed E-state index contributed by atoms with van der Waals surface area (Å²) in [7, 11) is 0.102. The molecule has 0 saturated carbocycles. The van der Waals surface area contributed by atoms with Gasteiger partial charge in [0.05, 0.1) is 35.5 Å². The van der Waals surface area contributed by atoms with Gasteiger partial charge in [0.2, 0.25) is 15.9 Å². The van der Waals surface area contributed by atoms with E-state index in [2.05, 4.69) is 9.97 Å². The summed E-state index contributed by atoms with van der Waals surface area (Å²) >= 11 is 0. The van der Waals surface area contributed by atoms with E-state index in [1.165, 1.54) is 34.8 Å². The zero-order valence-electron chi connectivity index (χ0n) is 14.5. The Labute approximate surface area is 152 Å². The largest absolute Gasteiger partial charge is 0.472 e. The van der Waals surface area contributed by atoms with E-state index in [1.54, 1.807) is 6.20 Å². The van der Waals surface area contributed by atoms with Crippen molar-refractivity contribution in [1.82, 2.24) is 14.3 Å². The maximum Gasteiger partial charge on any atom is 0.243 e. The van der Waals surface area contributed by atoms with Crippen molar-refractivity contribution in [3.05, 3.63) is 42.2 Å². The van der Waals surface area contributed by atoms with Crippen molar-refractivity contribution in [3.8, 4) is 11.9 Å². The predicted octanol–water partition coefficient (Wildman–Crippen LogP) is 1.26. The first-order chi connectivity index (χ1) is 12.4. The molecule has 3 rings (SSSR count). The monoisotopic (exact) mass is 373 g/mol. The normalized spacial score (nSPS) is 17.7. The van der Waals surface area contributed by atoms with E-state index < -0.39 is 10.0 Å². The Hall–Kier alpha value is -2.70. The molecular weight excluding hydrogens is 354 g/mol. The lowest BCUT2D eigenvalue weighted by molar-refractivity contribution is 0.206. The van der Waals surface area contributed by atoms with Gasteiger partial charge in [-0.15, -0.1) is 0 Å². The van der Waals surface area contributed by atoms with Crippen LogP contribution in [-0.2, 0) is 10.0 Å². The summed E-state index contributed by atoms with van der Waals surface area (Å²) in [5.74, 6) is 1.04. The van der Waals surface area contributed by atoms with E-state index in [4.69, 9.17) is 10.00 Å². The van der Waals surface area contributed by atoms with Crippen molar-refractivity contribution in [2.45, 2.75) is 17.4 Å². The standard InChI is InChI=1S/C17H19N5O3S/c1-21(2)16-10-19-11-17(20-16)25-14-7-8-22(12-14)26(23,24)15-5-3-13(9-18)4-6-15/h3-6,10-11,14H,7-8,12H2,1-2H3/t14-/m0/s1. The minimum absolute atomic E-state index is 0.173. The summed E-state index contributed by atoms with van der Waals surface area (Å²) in [6.45, 7) is 0.615. The van der Waals surface area contributed by atoms with Gasteiger partial charge in [0.15, 0.2) is 5.82 Å². The van der Waals surface area contributed by atoms with E-state index in [0.717, 1.165) is 0 Å². The number of hydrogen-bond acceptors (Lipinski definition) is 7. The number of rotatable bonds is 5. The number of hydrogen-bond donors (Lipinski definition) is 0. The van der Waals surface area contributed by atoms with Crippen molar-refractivity contribution >= 4 is 15.8 Å². The topological polar surface area (TPSA) is 99.4 Å². The van der Waals surface area contributed by atoms with Crippen LogP contribution in [0, 0.1) is 11.3 Å². The van der Waals surface area contributed by atoms with Crippen molar-refractivity contribution in [3.63, 3.8) is 0 Å². The van der Waals surface area contributed by atoms with Crippen LogP contribution >= 0.6 is 0 Å². The third-order valence-electron chi connectivity index (χ3n) is 4.07. The van der Waals surface area contributed by atoms with E-state index in [1.807, 2.05) is 25.1 Å². The lowest BCUT2D eigenvalue weighted by Crippen LogP contribution is -2.31. The molecule has 0 bridgehead atoms. The molecule has 0 unspecified atom stereocenters. The fraction of sp³-hybridized carbons (Fsp3) is 0.353. The molecule has 1 saturated heterocycles. The van der Waals surface area contributed by atoms with Crippen LogP contribution < -0.4 is 9.64 Å². The second-order valence-corrected chi connectivity index (χ2v) is 8.08. The molecule has 1 aromatic carbocycles. The Morgan fingerprint density at radius 3 is 2.65 bits per heavy atom. The molecule has 0 radical (unpaired) electrons. The van der Waals surface area contributed by atoms with Crippen LogP contribution in [0.15, 0.2) is 41.6 Å². The summed E-state index contributed by atoms with van der Waals surface area (Å²) < 4.78 is 32.7. The lowest BCUT2D eigenvalue weighted by atomic mass is 10.2. The molecule has 0 N–H and O–H groups in total. The van der Waals surface area contributed by atoms with Crippen LogP contribution in [0.2, 0.25) is 0 Å². The van der Waals surface area contributed by atoms with Crippen LogP contribution in [-0.4, -0.2) is 56.0 Å². The average molecular weight is 373 g/mol. The second-order valence-electron chi connectivity index (χ2n) is 6.14. The molecule has 1 fully saturated rings. The molecule has 1 aliphatic heterocycles. The van der Waals surface area contributed by atoms with E-state index in [9.17, 15) is 8.42 Å². The molecule has 1 aromatic heterocycles.